The first-order chi connectivity index (χ1) is 9.00. The monoisotopic (exact) mass is 278 g/mol. The number of hydrogen-bond acceptors (Lipinski definition) is 3. The molecular formula is C15H19FN2S. The summed E-state index contributed by atoms with van der Waals surface area (Å²) in [6, 6.07) is 9.02. The van der Waals surface area contributed by atoms with E-state index in [2.05, 4.69) is 23.3 Å². The van der Waals surface area contributed by atoms with Crippen LogP contribution in [0.5, 0.6) is 0 Å². The predicted octanol–water partition coefficient (Wildman–Crippen LogP) is 4.10. The molecule has 0 bridgehead atoms. The van der Waals surface area contributed by atoms with Crippen molar-refractivity contribution < 1.29 is 4.39 Å². The Hall–Kier alpha value is -1.39. The van der Waals surface area contributed by atoms with Crippen molar-refractivity contribution in [1.29, 1.82) is 0 Å². The third-order valence-corrected chi connectivity index (χ3v) is 4.44. The molecule has 1 aromatic heterocycles. The maximum Gasteiger partial charge on any atom is 0.123 e. The van der Waals surface area contributed by atoms with Crippen LogP contribution in [0.25, 0.3) is 0 Å². The lowest BCUT2D eigenvalue weighted by Gasteiger charge is -2.29. The second-order valence-electron chi connectivity index (χ2n) is 4.79. The summed E-state index contributed by atoms with van der Waals surface area (Å²) in [5.41, 5.74) is 7.77. The molecule has 0 fully saturated rings. The third kappa shape index (κ3) is 2.96. The zero-order valence-electron chi connectivity index (χ0n) is 11.4. The van der Waals surface area contributed by atoms with E-state index in [0.717, 1.165) is 11.3 Å². The summed E-state index contributed by atoms with van der Waals surface area (Å²) >= 11 is 1.72. The lowest BCUT2D eigenvalue weighted by Crippen LogP contribution is -2.23. The molecule has 0 aliphatic carbocycles. The topological polar surface area (TPSA) is 29.3 Å². The van der Waals surface area contributed by atoms with E-state index in [1.807, 2.05) is 20.0 Å². The Morgan fingerprint density at radius 2 is 2.00 bits per heavy atom. The maximum absolute atomic E-state index is 13.4. The van der Waals surface area contributed by atoms with Gasteiger partial charge < -0.3 is 10.6 Å². The summed E-state index contributed by atoms with van der Waals surface area (Å²) in [6.45, 7) is 4.02. The zero-order valence-corrected chi connectivity index (χ0v) is 12.2. The second kappa shape index (κ2) is 5.72. The van der Waals surface area contributed by atoms with E-state index in [9.17, 15) is 4.39 Å². The first-order valence-corrected chi connectivity index (χ1v) is 7.20. The normalized spacial score (nSPS) is 14.2. The van der Waals surface area contributed by atoms with E-state index in [-0.39, 0.29) is 17.9 Å². The van der Waals surface area contributed by atoms with Crippen LogP contribution in [-0.4, -0.2) is 7.05 Å². The Kier molecular flexibility index (Phi) is 4.22. The SMILES string of the molecule is CC(N)c1cc(F)ccc1N(C)C(C)c1cccs1. The summed E-state index contributed by atoms with van der Waals surface area (Å²) in [5.74, 6) is -0.242. The van der Waals surface area contributed by atoms with Gasteiger partial charge in [0.25, 0.3) is 0 Å². The van der Waals surface area contributed by atoms with Crippen LogP contribution in [0, 0.1) is 5.82 Å². The molecule has 2 atom stereocenters. The van der Waals surface area contributed by atoms with E-state index < -0.39 is 0 Å². The number of hydrogen-bond donors (Lipinski definition) is 1. The van der Waals surface area contributed by atoms with Gasteiger partial charge in [0, 0.05) is 23.7 Å². The Bertz CT molecular complexity index is 537. The fraction of sp³-hybridized carbons (Fsp3) is 0.333. The molecule has 0 saturated heterocycles. The standard InChI is InChI=1S/C15H19FN2S/c1-10(17)13-9-12(16)6-7-14(13)18(3)11(2)15-5-4-8-19-15/h4-11H,17H2,1-3H3. The molecule has 0 aliphatic heterocycles. The molecule has 2 N–H and O–H groups in total. The highest BCUT2D eigenvalue weighted by Gasteiger charge is 2.18. The van der Waals surface area contributed by atoms with Crippen LogP contribution in [0.1, 0.15) is 36.4 Å². The number of benzene rings is 1. The molecule has 0 amide bonds. The van der Waals surface area contributed by atoms with Crippen LogP contribution in [-0.2, 0) is 0 Å². The van der Waals surface area contributed by atoms with Gasteiger partial charge in [-0.2, -0.15) is 0 Å². The van der Waals surface area contributed by atoms with Gasteiger partial charge in [-0.3, -0.25) is 0 Å². The molecule has 2 unspecified atom stereocenters. The molecule has 2 aromatic rings. The van der Waals surface area contributed by atoms with Crippen molar-refractivity contribution in [2.75, 3.05) is 11.9 Å². The van der Waals surface area contributed by atoms with Crippen LogP contribution in [0.3, 0.4) is 0 Å². The van der Waals surface area contributed by atoms with Gasteiger partial charge in [0.05, 0.1) is 6.04 Å². The quantitative estimate of drug-likeness (QED) is 0.912. The Labute approximate surface area is 117 Å². The average molecular weight is 278 g/mol. The van der Waals surface area contributed by atoms with Crippen molar-refractivity contribution in [3.05, 3.63) is 52.0 Å². The van der Waals surface area contributed by atoms with Crippen LogP contribution < -0.4 is 10.6 Å². The smallest absolute Gasteiger partial charge is 0.123 e. The number of anilines is 1. The molecule has 0 spiro atoms. The number of nitrogens with zero attached hydrogens (tertiary/aromatic N) is 1. The van der Waals surface area contributed by atoms with Crippen molar-refractivity contribution in [2.24, 2.45) is 5.73 Å². The lowest BCUT2D eigenvalue weighted by atomic mass is 10.0. The maximum atomic E-state index is 13.4. The molecule has 2 nitrogen and oxygen atoms in total. The molecule has 102 valence electrons. The van der Waals surface area contributed by atoms with Crippen LogP contribution in [0.4, 0.5) is 10.1 Å². The number of halogens is 1. The largest absolute Gasteiger partial charge is 0.367 e. The molecule has 19 heavy (non-hydrogen) atoms. The third-order valence-electron chi connectivity index (χ3n) is 3.40. The van der Waals surface area contributed by atoms with Gasteiger partial charge in [0.2, 0.25) is 0 Å². The Morgan fingerprint density at radius 3 is 2.58 bits per heavy atom. The summed E-state index contributed by atoms with van der Waals surface area (Å²) in [5, 5.41) is 2.07. The highest BCUT2D eigenvalue weighted by Crippen LogP contribution is 2.32. The predicted molar refractivity (Wildman–Crippen MR) is 80.1 cm³/mol. The van der Waals surface area contributed by atoms with Gasteiger partial charge in [0.15, 0.2) is 0 Å². The van der Waals surface area contributed by atoms with Crippen molar-refractivity contribution >= 4 is 17.0 Å². The van der Waals surface area contributed by atoms with Crippen LogP contribution in [0.15, 0.2) is 35.7 Å². The Morgan fingerprint density at radius 1 is 1.26 bits per heavy atom. The first-order valence-electron chi connectivity index (χ1n) is 6.32. The lowest BCUT2D eigenvalue weighted by molar-refractivity contribution is 0.620. The average Bonchev–Trinajstić information content (AvgIpc) is 2.90. The van der Waals surface area contributed by atoms with E-state index in [4.69, 9.17) is 5.73 Å². The van der Waals surface area contributed by atoms with Gasteiger partial charge in [-0.15, -0.1) is 11.3 Å². The van der Waals surface area contributed by atoms with Gasteiger partial charge in [-0.05, 0) is 49.1 Å². The van der Waals surface area contributed by atoms with Crippen molar-refractivity contribution in [2.45, 2.75) is 25.9 Å². The van der Waals surface area contributed by atoms with Gasteiger partial charge >= 0.3 is 0 Å². The molecule has 4 heteroatoms. The van der Waals surface area contributed by atoms with Crippen LogP contribution >= 0.6 is 11.3 Å². The van der Waals surface area contributed by atoms with Crippen molar-refractivity contribution in [3.63, 3.8) is 0 Å². The summed E-state index contributed by atoms with van der Waals surface area (Å²) in [7, 11) is 2.02. The van der Waals surface area contributed by atoms with Crippen molar-refractivity contribution in [1.82, 2.24) is 0 Å². The number of rotatable bonds is 4. The molecule has 1 heterocycles. The van der Waals surface area contributed by atoms with E-state index in [1.54, 1.807) is 17.4 Å². The van der Waals surface area contributed by atoms with E-state index in [0.29, 0.717) is 0 Å². The molecule has 2 rings (SSSR count). The van der Waals surface area contributed by atoms with Gasteiger partial charge in [-0.1, -0.05) is 6.07 Å². The Balaban J connectivity index is 2.35. The highest BCUT2D eigenvalue weighted by atomic mass is 32.1. The van der Waals surface area contributed by atoms with E-state index in [1.165, 1.54) is 17.0 Å². The molecule has 0 aliphatic rings. The molecular weight excluding hydrogens is 259 g/mol. The first kappa shape index (κ1) is 14.0. The minimum atomic E-state index is -0.242. The second-order valence-corrected chi connectivity index (χ2v) is 5.77. The van der Waals surface area contributed by atoms with Gasteiger partial charge in [-0.25, -0.2) is 4.39 Å². The number of nitrogens with two attached hydrogens (primary N) is 1. The van der Waals surface area contributed by atoms with E-state index >= 15 is 0 Å². The molecule has 1 aromatic carbocycles. The molecule has 0 radical (unpaired) electrons. The fourth-order valence-corrected chi connectivity index (χ4v) is 2.97. The van der Waals surface area contributed by atoms with Crippen LogP contribution in [0.2, 0.25) is 0 Å². The number of thiophene rings is 1. The van der Waals surface area contributed by atoms with Gasteiger partial charge in [0.1, 0.15) is 5.82 Å². The van der Waals surface area contributed by atoms with Crippen molar-refractivity contribution in [3.8, 4) is 0 Å². The molecule has 0 saturated carbocycles. The highest BCUT2D eigenvalue weighted by molar-refractivity contribution is 7.10. The minimum Gasteiger partial charge on any atom is -0.367 e. The zero-order chi connectivity index (χ0) is 14.0. The summed E-state index contributed by atoms with van der Waals surface area (Å²) in [6.07, 6.45) is 0. The minimum absolute atomic E-state index is 0.191. The fourth-order valence-electron chi connectivity index (χ4n) is 2.14. The summed E-state index contributed by atoms with van der Waals surface area (Å²) in [4.78, 5) is 3.42. The summed E-state index contributed by atoms with van der Waals surface area (Å²) < 4.78 is 13.4.